The van der Waals surface area contributed by atoms with E-state index in [1.54, 1.807) is 24.3 Å². The summed E-state index contributed by atoms with van der Waals surface area (Å²) in [5, 5.41) is 0.517. The highest BCUT2D eigenvalue weighted by Crippen LogP contribution is 2.21. The molecule has 22 heavy (non-hydrogen) atoms. The van der Waals surface area contributed by atoms with Crippen molar-refractivity contribution < 1.29 is 9.53 Å². The Morgan fingerprint density at radius 2 is 2.05 bits per heavy atom. The second-order valence-electron chi connectivity index (χ2n) is 6.53. The van der Waals surface area contributed by atoms with Crippen LogP contribution in [-0.2, 0) is 4.74 Å². The summed E-state index contributed by atoms with van der Waals surface area (Å²) in [5.41, 5.74) is -0.487. The molecule has 0 unspecified atom stereocenters. The van der Waals surface area contributed by atoms with Crippen LogP contribution in [0.15, 0.2) is 12.4 Å². The largest absolute Gasteiger partial charge is 0.444 e. The number of likely N-dealkylation sites (N-methyl/N-ethyl adjacent to an activating group) is 1. The third kappa shape index (κ3) is 4.47. The molecule has 0 N–H and O–H groups in total. The number of aromatic nitrogens is 2. The molecule has 2 heterocycles. The van der Waals surface area contributed by atoms with Crippen LogP contribution in [-0.4, -0.2) is 52.7 Å². The molecule has 1 atom stereocenters. The number of anilines is 1. The van der Waals surface area contributed by atoms with Gasteiger partial charge in [0.05, 0.1) is 23.5 Å². The van der Waals surface area contributed by atoms with Crippen LogP contribution in [0.2, 0.25) is 5.02 Å². The second kappa shape index (κ2) is 6.69. The van der Waals surface area contributed by atoms with Crippen molar-refractivity contribution in [1.29, 1.82) is 0 Å². The van der Waals surface area contributed by atoms with E-state index >= 15 is 0 Å². The van der Waals surface area contributed by atoms with Crippen molar-refractivity contribution in [2.75, 3.05) is 25.0 Å². The Hall–Kier alpha value is -1.56. The fraction of sp³-hybridized carbons (Fsp3) is 0.667. The van der Waals surface area contributed by atoms with E-state index in [-0.39, 0.29) is 12.1 Å². The zero-order chi connectivity index (χ0) is 16.3. The molecule has 2 rings (SSSR count). The van der Waals surface area contributed by atoms with Gasteiger partial charge in [0.2, 0.25) is 5.95 Å². The molecule has 1 aromatic heterocycles. The van der Waals surface area contributed by atoms with E-state index in [2.05, 4.69) is 14.9 Å². The Balaban J connectivity index is 2.00. The van der Waals surface area contributed by atoms with E-state index in [4.69, 9.17) is 16.3 Å². The van der Waals surface area contributed by atoms with E-state index in [0.29, 0.717) is 17.5 Å². The van der Waals surface area contributed by atoms with E-state index in [9.17, 15) is 4.79 Å². The fourth-order valence-electron chi connectivity index (χ4n) is 2.40. The van der Waals surface area contributed by atoms with Gasteiger partial charge in [0.1, 0.15) is 5.60 Å². The predicted molar refractivity (Wildman–Crippen MR) is 86.3 cm³/mol. The van der Waals surface area contributed by atoms with Crippen LogP contribution in [0.25, 0.3) is 0 Å². The SMILES string of the molecule is CN(C(=O)OC(C)(C)C)[C@@H]1CCCN(c2ncc(Cl)cn2)C1. The first kappa shape index (κ1) is 16.8. The average Bonchev–Trinajstić information content (AvgIpc) is 2.45. The van der Waals surface area contributed by atoms with Crippen LogP contribution >= 0.6 is 11.6 Å². The first-order valence-electron chi connectivity index (χ1n) is 7.44. The van der Waals surface area contributed by atoms with Gasteiger partial charge in [-0.2, -0.15) is 0 Å². The molecule has 7 heteroatoms. The Kier molecular flexibility index (Phi) is 5.11. The second-order valence-corrected chi connectivity index (χ2v) is 6.97. The maximum Gasteiger partial charge on any atom is 0.410 e. The molecule has 1 fully saturated rings. The van der Waals surface area contributed by atoms with Gasteiger partial charge in [-0.05, 0) is 33.6 Å². The number of hydrogen-bond donors (Lipinski definition) is 0. The minimum absolute atomic E-state index is 0.0860. The van der Waals surface area contributed by atoms with Gasteiger partial charge in [-0.25, -0.2) is 14.8 Å². The summed E-state index contributed by atoms with van der Waals surface area (Å²) in [7, 11) is 1.78. The Morgan fingerprint density at radius 1 is 1.41 bits per heavy atom. The summed E-state index contributed by atoms with van der Waals surface area (Å²) in [6.07, 6.45) is 4.80. The number of hydrogen-bond acceptors (Lipinski definition) is 5. The number of amides is 1. The zero-order valence-corrected chi connectivity index (χ0v) is 14.3. The van der Waals surface area contributed by atoms with Crippen molar-refractivity contribution >= 4 is 23.6 Å². The molecule has 1 aliphatic rings. The van der Waals surface area contributed by atoms with Crippen LogP contribution < -0.4 is 4.90 Å². The lowest BCUT2D eigenvalue weighted by molar-refractivity contribution is 0.0209. The third-order valence-corrected chi connectivity index (χ3v) is 3.71. The zero-order valence-electron chi connectivity index (χ0n) is 13.5. The molecule has 0 radical (unpaired) electrons. The van der Waals surface area contributed by atoms with E-state index in [1.807, 2.05) is 20.8 Å². The van der Waals surface area contributed by atoms with Crippen LogP contribution in [0.5, 0.6) is 0 Å². The lowest BCUT2D eigenvalue weighted by atomic mass is 10.1. The molecule has 1 aromatic rings. The van der Waals surface area contributed by atoms with Crippen molar-refractivity contribution in [2.45, 2.75) is 45.3 Å². The first-order chi connectivity index (χ1) is 10.3. The van der Waals surface area contributed by atoms with Gasteiger partial charge in [-0.15, -0.1) is 0 Å². The molecule has 6 nitrogen and oxygen atoms in total. The molecule has 1 amide bonds. The van der Waals surface area contributed by atoms with E-state index in [0.717, 1.165) is 19.4 Å². The quantitative estimate of drug-likeness (QED) is 0.836. The molecule has 1 aliphatic heterocycles. The lowest BCUT2D eigenvalue weighted by Gasteiger charge is -2.38. The molecule has 0 spiro atoms. The summed E-state index contributed by atoms with van der Waals surface area (Å²) in [4.78, 5) is 24.4. The molecular weight excluding hydrogens is 304 g/mol. The monoisotopic (exact) mass is 326 g/mol. The Bertz CT molecular complexity index is 515. The lowest BCUT2D eigenvalue weighted by Crippen LogP contribution is -2.50. The van der Waals surface area contributed by atoms with Gasteiger partial charge in [-0.3, -0.25) is 0 Å². The van der Waals surface area contributed by atoms with Crippen molar-refractivity contribution in [1.82, 2.24) is 14.9 Å². The number of carbonyl (C=O) groups is 1. The third-order valence-electron chi connectivity index (χ3n) is 3.52. The standard InChI is InChI=1S/C15H23ClN4O2/c1-15(2,3)22-14(21)19(4)12-6-5-7-20(10-12)13-17-8-11(16)9-18-13/h8-9,12H,5-7,10H2,1-4H3/t12-/m1/s1. The number of piperidine rings is 1. The van der Waals surface area contributed by atoms with Gasteiger partial charge < -0.3 is 14.5 Å². The van der Waals surface area contributed by atoms with Gasteiger partial charge in [0, 0.05) is 20.1 Å². The highest BCUT2D eigenvalue weighted by Gasteiger charge is 2.29. The first-order valence-corrected chi connectivity index (χ1v) is 7.82. The number of rotatable bonds is 2. The molecule has 0 aliphatic carbocycles. The van der Waals surface area contributed by atoms with E-state index in [1.165, 1.54) is 0 Å². The van der Waals surface area contributed by atoms with Gasteiger partial charge in [-0.1, -0.05) is 11.6 Å². The topological polar surface area (TPSA) is 58.6 Å². The molecule has 122 valence electrons. The highest BCUT2D eigenvalue weighted by atomic mass is 35.5. The molecule has 0 aromatic carbocycles. The minimum Gasteiger partial charge on any atom is -0.444 e. The van der Waals surface area contributed by atoms with Crippen LogP contribution in [0.3, 0.4) is 0 Å². The minimum atomic E-state index is -0.487. The highest BCUT2D eigenvalue weighted by molar-refractivity contribution is 6.30. The smallest absolute Gasteiger partial charge is 0.410 e. The maximum atomic E-state index is 12.2. The maximum absolute atomic E-state index is 12.2. The van der Waals surface area contributed by atoms with Crippen LogP contribution in [0.4, 0.5) is 10.7 Å². The van der Waals surface area contributed by atoms with Crippen molar-refractivity contribution in [3.8, 4) is 0 Å². The molecule has 0 saturated carbocycles. The number of carbonyl (C=O) groups excluding carboxylic acids is 1. The average molecular weight is 327 g/mol. The van der Waals surface area contributed by atoms with Crippen LogP contribution in [0.1, 0.15) is 33.6 Å². The summed E-state index contributed by atoms with van der Waals surface area (Å²) >= 11 is 5.82. The van der Waals surface area contributed by atoms with Gasteiger partial charge in [0.25, 0.3) is 0 Å². The summed E-state index contributed by atoms with van der Waals surface area (Å²) in [6.45, 7) is 7.17. The number of ether oxygens (including phenoxy) is 1. The van der Waals surface area contributed by atoms with Gasteiger partial charge in [0.15, 0.2) is 0 Å². The normalized spacial score (nSPS) is 19.0. The number of halogens is 1. The molecular formula is C15H23ClN4O2. The molecule has 0 bridgehead atoms. The van der Waals surface area contributed by atoms with Crippen molar-refractivity contribution in [3.05, 3.63) is 17.4 Å². The molecule has 1 saturated heterocycles. The fourth-order valence-corrected chi connectivity index (χ4v) is 2.50. The van der Waals surface area contributed by atoms with E-state index < -0.39 is 5.60 Å². The summed E-state index contributed by atoms with van der Waals surface area (Å²) < 4.78 is 5.43. The predicted octanol–water partition coefficient (Wildman–Crippen LogP) is 2.97. The number of nitrogens with zero attached hydrogens (tertiary/aromatic N) is 4. The Labute approximate surface area is 136 Å². The Morgan fingerprint density at radius 3 is 2.64 bits per heavy atom. The summed E-state index contributed by atoms with van der Waals surface area (Å²) in [5.74, 6) is 0.645. The van der Waals surface area contributed by atoms with Crippen molar-refractivity contribution in [2.24, 2.45) is 0 Å². The summed E-state index contributed by atoms with van der Waals surface area (Å²) in [6, 6.07) is 0.0860. The van der Waals surface area contributed by atoms with Crippen LogP contribution in [0, 0.1) is 0 Å². The van der Waals surface area contributed by atoms with Crippen molar-refractivity contribution in [3.63, 3.8) is 0 Å². The van der Waals surface area contributed by atoms with Gasteiger partial charge >= 0.3 is 6.09 Å².